The number of rotatable bonds is 6. The first-order chi connectivity index (χ1) is 17.0. The summed E-state index contributed by atoms with van der Waals surface area (Å²) in [6.45, 7) is 1.97. The predicted molar refractivity (Wildman–Crippen MR) is 137 cm³/mol. The van der Waals surface area contributed by atoms with Crippen LogP contribution in [0.3, 0.4) is 0 Å². The van der Waals surface area contributed by atoms with Gasteiger partial charge in [0.05, 0.1) is 5.39 Å². The largest absolute Gasteiger partial charge is 0.340 e. The number of aromatic amines is 1. The van der Waals surface area contributed by atoms with Crippen molar-refractivity contribution < 1.29 is 9.59 Å². The second-order valence-electron chi connectivity index (χ2n) is 8.01. The van der Waals surface area contributed by atoms with Crippen LogP contribution in [0.25, 0.3) is 11.0 Å². The Morgan fingerprint density at radius 2 is 1.49 bits per heavy atom. The maximum absolute atomic E-state index is 12.7. The van der Waals surface area contributed by atoms with Crippen molar-refractivity contribution in [1.29, 1.82) is 0 Å². The maximum atomic E-state index is 12.7. The number of nitrogens with one attached hydrogen (secondary N) is 4. The van der Waals surface area contributed by atoms with Crippen molar-refractivity contribution in [1.82, 2.24) is 15.0 Å². The Morgan fingerprint density at radius 1 is 0.743 bits per heavy atom. The number of hydrogen-bond donors (Lipinski definition) is 4. The number of aryl methyl sites for hydroxylation is 1. The zero-order valence-corrected chi connectivity index (χ0v) is 18.9. The van der Waals surface area contributed by atoms with E-state index in [2.05, 4.69) is 30.9 Å². The normalized spacial score (nSPS) is 10.7. The minimum Gasteiger partial charge on any atom is -0.340 e. The van der Waals surface area contributed by atoms with E-state index in [1.165, 1.54) is 6.33 Å². The Balaban J connectivity index is 1.31. The van der Waals surface area contributed by atoms with Crippen molar-refractivity contribution in [3.8, 4) is 0 Å². The summed E-state index contributed by atoms with van der Waals surface area (Å²) in [5.74, 6) is 0.0812. The molecule has 0 aliphatic carbocycles. The summed E-state index contributed by atoms with van der Waals surface area (Å²) in [4.78, 5) is 36.9. The molecule has 0 saturated heterocycles. The van der Waals surface area contributed by atoms with Gasteiger partial charge < -0.3 is 20.9 Å². The average Bonchev–Trinajstić information content (AvgIpc) is 3.31. The molecule has 172 valence electrons. The number of benzene rings is 3. The van der Waals surface area contributed by atoms with Crippen LogP contribution in [0, 0.1) is 6.92 Å². The minimum atomic E-state index is -0.270. The van der Waals surface area contributed by atoms with Gasteiger partial charge in [-0.3, -0.25) is 9.59 Å². The zero-order chi connectivity index (χ0) is 24.2. The Labute approximate surface area is 201 Å². The van der Waals surface area contributed by atoms with E-state index < -0.39 is 0 Å². The van der Waals surface area contributed by atoms with Crippen molar-refractivity contribution in [3.05, 3.63) is 108 Å². The molecule has 2 aromatic heterocycles. The molecule has 35 heavy (non-hydrogen) atoms. The third-order valence-electron chi connectivity index (χ3n) is 5.39. The molecular formula is C27H22N6O2. The van der Waals surface area contributed by atoms with Crippen molar-refractivity contribution in [2.24, 2.45) is 0 Å². The summed E-state index contributed by atoms with van der Waals surface area (Å²) < 4.78 is 0. The van der Waals surface area contributed by atoms with Crippen LogP contribution in [0.5, 0.6) is 0 Å². The number of anilines is 4. The number of carbonyl (C=O) groups is 2. The monoisotopic (exact) mass is 462 g/mol. The number of nitrogens with zero attached hydrogens (tertiary/aromatic N) is 2. The lowest BCUT2D eigenvalue weighted by molar-refractivity contribution is 0.101. The summed E-state index contributed by atoms with van der Waals surface area (Å²) in [6.07, 6.45) is 1.42. The third kappa shape index (κ3) is 5.01. The molecular weight excluding hydrogens is 440 g/mol. The van der Waals surface area contributed by atoms with Crippen LogP contribution in [-0.4, -0.2) is 26.8 Å². The van der Waals surface area contributed by atoms with Crippen molar-refractivity contribution in [2.75, 3.05) is 16.0 Å². The van der Waals surface area contributed by atoms with E-state index in [0.717, 1.165) is 22.6 Å². The van der Waals surface area contributed by atoms with E-state index in [9.17, 15) is 9.59 Å². The highest BCUT2D eigenvalue weighted by Crippen LogP contribution is 2.25. The second-order valence-corrected chi connectivity index (χ2v) is 8.01. The molecule has 4 N–H and O–H groups in total. The van der Waals surface area contributed by atoms with Gasteiger partial charge in [0.1, 0.15) is 23.5 Å². The highest BCUT2D eigenvalue weighted by Gasteiger charge is 2.14. The van der Waals surface area contributed by atoms with Gasteiger partial charge in [0.2, 0.25) is 0 Å². The van der Waals surface area contributed by atoms with E-state index in [0.29, 0.717) is 28.1 Å². The van der Waals surface area contributed by atoms with E-state index in [-0.39, 0.29) is 11.8 Å². The first-order valence-corrected chi connectivity index (χ1v) is 11.0. The summed E-state index contributed by atoms with van der Waals surface area (Å²) in [5.41, 5.74) is 4.69. The number of aromatic nitrogens is 3. The fourth-order valence-corrected chi connectivity index (χ4v) is 3.65. The standard InChI is InChI=1S/C27H22N6O2/c1-17-6-5-9-21(14-17)32-27(35)23-15-22-24(28-16-29-25(22)33-23)30-20-12-10-18(11-13-20)26(34)31-19-7-3-2-4-8-19/h2-16H,1H3,(H,31,34)(H,32,35)(H2,28,29,30,33). The lowest BCUT2D eigenvalue weighted by Crippen LogP contribution is -2.12. The topological polar surface area (TPSA) is 112 Å². The van der Waals surface area contributed by atoms with E-state index in [1.807, 2.05) is 61.5 Å². The van der Waals surface area contributed by atoms with Gasteiger partial charge in [-0.25, -0.2) is 9.97 Å². The molecule has 0 aliphatic heterocycles. The molecule has 2 amide bonds. The van der Waals surface area contributed by atoms with Crippen LogP contribution < -0.4 is 16.0 Å². The van der Waals surface area contributed by atoms with Crippen molar-refractivity contribution in [2.45, 2.75) is 6.92 Å². The molecule has 0 saturated carbocycles. The van der Waals surface area contributed by atoms with Gasteiger partial charge in [-0.15, -0.1) is 0 Å². The van der Waals surface area contributed by atoms with Gasteiger partial charge in [-0.1, -0.05) is 30.3 Å². The maximum Gasteiger partial charge on any atom is 0.272 e. The molecule has 8 nitrogen and oxygen atoms in total. The van der Waals surface area contributed by atoms with Crippen LogP contribution in [-0.2, 0) is 0 Å². The molecule has 0 aliphatic rings. The molecule has 8 heteroatoms. The van der Waals surface area contributed by atoms with Gasteiger partial charge in [0, 0.05) is 22.6 Å². The number of amides is 2. The molecule has 0 fully saturated rings. The number of para-hydroxylation sites is 1. The Bertz CT molecular complexity index is 1510. The lowest BCUT2D eigenvalue weighted by Gasteiger charge is -2.08. The summed E-state index contributed by atoms with van der Waals surface area (Å²) in [7, 11) is 0. The smallest absolute Gasteiger partial charge is 0.272 e. The number of fused-ring (bicyclic) bond motifs is 1. The van der Waals surface area contributed by atoms with Crippen LogP contribution >= 0.6 is 0 Å². The Morgan fingerprint density at radius 3 is 2.26 bits per heavy atom. The SMILES string of the molecule is Cc1cccc(NC(=O)c2cc3c(Nc4ccc(C(=O)Nc5ccccc5)cc4)ncnc3[nH]2)c1. The molecule has 0 unspecified atom stereocenters. The van der Waals surface area contributed by atoms with Gasteiger partial charge in [-0.2, -0.15) is 0 Å². The van der Waals surface area contributed by atoms with Crippen LogP contribution in [0.15, 0.2) is 91.3 Å². The number of hydrogen-bond acceptors (Lipinski definition) is 5. The molecule has 5 rings (SSSR count). The molecule has 5 aromatic rings. The highest BCUT2D eigenvalue weighted by atomic mass is 16.2. The van der Waals surface area contributed by atoms with Gasteiger partial charge in [0.15, 0.2) is 0 Å². The number of carbonyl (C=O) groups excluding carboxylic acids is 2. The predicted octanol–water partition coefficient (Wildman–Crippen LogP) is 5.51. The second kappa shape index (κ2) is 9.48. The van der Waals surface area contributed by atoms with Crippen LogP contribution in [0.2, 0.25) is 0 Å². The van der Waals surface area contributed by atoms with Crippen molar-refractivity contribution in [3.63, 3.8) is 0 Å². The first kappa shape index (κ1) is 21.8. The molecule has 0 radical (unpaired) electrons. The molecule has 2 heterocycles. The van der Waals surface area contributed by atoms with Gasteiger partial charge >= 0.3 is 0 Å². The average molecular weight is 463 g/mol. The minimum absolute atomic E-state index is 0.193. The van der Waals surface area contributed by atoms with Gasteiger partial charge in [-0.05, 0) is 67.1 Å². The first-order valence-electron chi connectivity index (χ1n) is 11.0. The summed E-state index contributed by atoms with van der Waals surface area (Å²) in [6, 6.07) is 25.7. The molecule has 0 bridgehead atoms. The fraction of sp³-hybridized carbons (Fsp3) is 0.0370. The van der Waals surface area contributed by atoms with E-state index >= 15 is 0 Å². The van der Waals surface area contributed by atoms with E-state index in [1.54, 1.807) is 30.3 Å². The lowest BCUT2D eigenvalue weighted by atomic mass is 10.2. The van der Waals surface area contributed by atoms with Crippen molar-refractivity contribution >= 4 is 45.7 Å². The third-order valence-corrected chi connectivity index (χ3v) is 5.39. The summed E-state index contributed by atoms with van der Waals surface area (Å²) >= 11 is 0. The quantitative estimate of drug-likeness (QED) is 0.266. The Kier molecular flexibility index (Phi) is 5.92. The van der Waals surface area contributed by atoms with Gasteiger partial charge in [0.25, 0.3) is 11.8 Å². The summed E-state index contributed by atoms with van der Waals surface area (Å²) in [5, 5.41) is 9.66. The molecule has 0 spiro atoms. The van der Waals surface area contributed by atoms with E-state index in [4.69, 9.17) is 0 Å². The number of H-pyrrole nitrogens is 1. The fourth-order valence-electron chi connectivity index (χ4n) is 3.65. The highest BCUT2D eigenvalue weighted by molar-refractivity contribution is 6.07. The van der Waals surface area contributed by atoms with Crippen LogP contribution in [0.4, 0.5) is 22.9 Å². The zero-order valence-electron chi connectivity index (χ0n) is 18.9. The Hall–Kier alpha value is -4.98. The molecule has 3 aromatic carbocycles. The molecule has 0 atom stereocenters. The van der Waals surface area contributed by atoms with Crippen LogP contribution in [0.1, 0.15) is 26.4 Å².